The SMILES string of the molecule is Cc1ccc(C(=O)NC(=S)Nc2ccc3nn(-c4ccccc4)nc3c2)cc1. The number of nitrogens with one attached hydrogen (secondary N) is 2. The number of amides is 1. The normalized spacial score (nSPS) is 10.6. The lowest BCUT2D eigenvalue weighted by atomic mass is 10.1. The summed E-state index contributed by atoms with van der Waals surface area (Å²) in [6.07, 6.45) is 0. The van der Waals surface area contributed by atoms with Crippen molar-refractivity contribution in [3.63, 3.8) is 0 Å². The van der Waals surface area contributed by atoms with E-state index in [0.29, 0.717) is 5.56 Å². The Balaban J connectivity index is 1.47. The first-order chi connectivity index (χ1) is 13.6. The summed E-state index contributed by atoms with van der Waals surface area (Å²) in [6, 6.07) is 22.5. The van der Waals surface area contributed by atoms with Crippen LogP contribution in [0, 0.1) is 6.92 Å². The fraction of sp³-hybridized carbons (Fsp3) is 0.0476. The molecule has 0 saturated carbocycles. The number of carbonyl (C=O) groups excluding carboxylic acids is 1. The van der Waals surface area contributed by atoms with E-state index in [1.807, 2.05) is 67.6 Å². The summed E-state index contributed by atoms with van der Waals surface area (Å²) in [5.41, 5.74) is 4.74. The summed E-state index contributed by atoms with van der Waals surface area (Å²) in [5.74, 6) is -0.256. The average molecular weight is 387 g/mol. The summed E-state index contributed by atoms with van der Waals surface area (Å²) < 4.78 is 0. The molecule has 4 aromatic rings. The topological polar surface area (TPSA) is 71.8 Å². The van der Waals surface area contributed by atoms with Gasteiger partial charge in [0.2, 0.25) is 0 Å². The second-order valence-electron chi connectivity index (χ2n) is 6.30. The Bertz CT molecular complexity index is 1150. The first kappa shape index (κ1) is 17.8. The molecule has 0 radical (unpaired) electrons. The number of thiocarbonyl (C=S) groups is 1. The molecule has 7 heteroatoms. The number of para-hydroxylation sites is 1. The fourth-order valence-electron chi connectivity index (χ4n) is 2.71. The fourth-order valence-corrected chi connectivity index (χ4v) is 2.92. The van der Waals surface area contributed by atoms with Crippen molar-refractivity contribution in [3.05, 3.63) is 83.9 Å². The molecule has 0 fully saturated rings. The van der Waals surface area contributed by atoms with Crippen LogP contribution in [0.1, 0.15) is 15.9 Å². The quantitative estimate of drug-likeness (QED) is 0.523. The smallest absolute Gasteiger partial charge is 0.257 e. The maximum atomic E-state index is 12.3. The first-order valence-corrected chi connectivity index (χ1v) is 9.11. The highest BCUT2D eigenvalue weighted by Gasteiger charge is 2.09. The number of aromatic nitrogens is 3. The van der Waals surface area contributed by atoms with Gasteiger partial charge in [-0.05, 0) is 61.6 Å². The predicted octanol–water partition coefficient (Wildman–Crippen LogP) is 3.86. The van der Waals surface area contributed by atoms with Gasteiger partial charge in [0.25, 0.3) is 5.91 Å². The lowest BCUT2D eigenvalue weighted by Crippen LogP contribution is -2.34. The second kappa shape index (κ2) is 7.58. The van der Waals surface area contributed by atoms with Gasteiger partial charge < -0.3 is 5.32 Å². The van der Waals surface area contributed by atoms with Crippen molar-refractivity contribution >= 4 is 40.0 Å². The van der Waals surface area contributed by atoms with Crippen LogP contribution in [0.25, 0.3) is 16.7 Å². The molecule has 0 saturated heterocycles. The van der Waals surface area contributed by atoms with Crippen LogP contribution < -0.4 is 10.6 Å². The van der Waals surface area contributed by atoms with Crippen LogP contribution in [0.5, 0.6) is 0 Å². The molecule has 0 unspecified atom stereocenters. The maximum absolute atomic E-state index is 12.3. The van der Waals surface area contributed by atoms with Crippen LogP contribution in [0.2, 0.25) is 0 Å². The number of hydrogen-bond acceptors (Lipinski definition) is 4. The highest BCUT2D eigenvalue weighted by molar-refractivity contribution is 7.80. The first-order valence-electron chi connectivity index (χ1n) is 8.70. The number of anilines is 1. The largest absolute Gasteiger partial charge is 0.332 e. The Labute approximate surface area is 167 Å². The molecule has 1 heterocycles. The number of carbonyl (C=O) groups is 1. The summed E-state index contributed by atoms with van der Waals surface area (Å²) >= 11 is 5.26. The number of nitrogens with zero attached hydrogens (tertiary/aromatic N) is 3. The third-order valence-corrected chi connectivity index (χ3v) is 4.37. The van der Waals surface area contributed by atoms with E-state index in [1.165, 1.54) is 0 Å². The van der Waals surface area contributed by atoms with Gasteiger partial charge >= 0.3 is 0 Å². The number of hydrogen-bond donors (Lipinski definition) is 2. The van der Waals surface area contributed by atoms with Gasteiger partial charge in [-0.15, -0.1) is 10.2 Å². The molecule has 138 valence electrons. The number of aryl methyl sites for hydroxylation is 1. The average Bonchev–Trinajstić information content (AvgIpc) is 3.12. The molecule has 0 bridgehead atoms. The highest BCUT2D eigenvalue weighted by atomic mass is 32.1. The number of fused-ring (bicyclic) bond motifs is 1. The van der Waals surface area contributed by atoms with E-state index < -0.39 is 0 Å². The molecule has 3 aromatic carbocycles. The molecule has 6 nitrogen and oxygen atoms in total. The van der Waals surface area contributed by atoms with Crippen LogP contribution >= 0.6 is 12.2 Å². The minimum absolute atomic E-state index is 0.223. The van der Waals surface area contributed by atoms with E-state index in [1.54, 1.807) is 16.9 Å². The van der Waals surface area contributed by atoms with Gasteiger partial charge in [-0.2, -0.15) is 4.80 Å². The van der Waals surface area contributed by atoms with Gasteiger partial charge in [0, 0.05) is 11.3 Å². The van der Waals surface area contributed by atoms with Crippen LogP contribution in [0.4, 0.5) is 5.69 Å². The zero-order valence-electron chi connectivity index (χ0n) is 15.1. The van der Waals surface area contributed by atoms with Crippen molar-refractivity contribution in [3.8, 4) is 5.69 Å². The minimum Gasteiger partial charge on any atom is -0.332 e. The van der Waals surface area contributed by atoms with Crippen molar-refractivity contribution in [2.45, 2.75) is 6.92 Å². The van der Waals surface area contributed by atoms with Crippen molar-refractivity contribution in [2.75, 3.05) is 5.32 Å². The number of benzene rings is 3. The summed E-state index contributed by atoms with van der Waals surface area (Å²) in [4.78, 5) is 13.9. The maximum Gasteiger partial charge on any atom is 0.257 e. The molecular weight excluding hydrogens is 370 g/mol. The molecule has 4 rings (SSSR count). The molecular formula is C21H17N5OS. The summed E-state index contributed by atoms with van der Waals surface area (Å²) in [7, 11) is 0. The van der Waals surface area contributed by atoms with Gasteiger partial charge in [0.1, 0.15) is 11.0 Å². The second-order valence-corrected chi connectivity index (χ2v) is 6.71. The van der Waals surface area contributed by atoms with Gasteiger partial charge in [-0.3, -0.25) is 10.1 Å². The van der Waals surface area contributed by atoms with Crippen LogP contribution in [0.15, 0.2) is 72.8 Å². The third kappa shape index (κ3) is 3.89. The van der Waals surface area contributed by atoms with Gasteiger partial charge in [-0.1, -0.05) is 35.9 Å². The lowest BCUT2D eigenvalue weighted by molar-refractivity contribution is 0.0977. The van der Waals surface area contributed by atoms with Crippen molar-refractivity contribution in [1.29, 1.82) is 0 Å². The molecule has 1 amide bonds. The molecule has 0 aliphatic rings. The molecule has 0 spiro atoms. The molecule has 0 atom stereocenters. The lowest BCUT2D eigenvalue weighted by Gasteiger charge is -2.09. The van der Waals surface area contributed by atoms with Gasteiger partial charge in [0.05, 0.1) is 5.69 Å². The van der Waals surface area contributed by atoms with Gasteiger partial charge in [-0.25, -0.2) is 0 Å². The zero-order chi connectivity index (χ0) is 19.5. The summed E-state index contributed by atoms with van der Waals surface area (Å²) in [5, 5.41) is 14.9. The van der Waals surface area contributed by atoms with Crippen molar-refractivity contribution in [1.82, 2.24) is 20.3 Å². The van der Waals surface area contributed by atoms with E-state index in [0.717, 1.165) is 28.0 Å². The van der Waals surface area contributed by atoms with E-state index >= 15 is 0 Å². The molecule has 1 aromatic heterocycles. The number of rotatable bonds is 3. The third-order valence-electron chi connectivity index (χ3n) is 4.17. The zero-order valence-corrected chi connectivity index (χ0v) is 15.9. The highest BCUT2D eigenvalue weighted by Crippen LogP contribution is 2.17. The van der Waals surface area contributed by atoms with E-state index in [9.17, 15) is 4.79 Å². The van der Waals surface area contributed by atoms with E-state index in [-0.39, 0.29) is 11.0 Å². The monoisotopic (exact) mass is 387 g/mol. The standard InChI is InChI=1S/C21H17N5OS/c1-14-7-9-15(10-8-14)20(27)23-21(28)22-16-11-12-18-19(13-16)25-26(24-18)17-5-3-2-4-6-17/h2-13H,1H3,(H2,22,23,27,28). The predicted molar refractivity (Wildman–Crippen MR) is 114 cm³/mol. The minimum atomic E-state index is -0.256. The van der Waals surface area contributed by atoms with Crippen molar-refractivity contribution < 1.29 is 4.79 Å². The van der Waals surface area contributed by atoms with Crippen LogP contribution in [-0.4, -0.2) is 26.0 Å². The Hall–Kier alpha value is -3.58. The van der Waals surface area contributed by atoms with E-state index in [4.69, 9.17) is 12.2 Å². The molecule has 0 aliphatic heterocycles. The van der Waals surface area contributed by atoms with Crippen LogP contribution in [0.3, 0.4) is 0 Å². The molecule has 28 heavy (non-hydrogen) atoms. The Morgan fingerprint density at radius 2 is 1.64 bits per heavy atom. The molecule has 0 aliphatic carbocycles. The van der Waals surface area contributed by atoms with Crippen LogP contribution in [-0.2, 0) is 0 Å². The van der Waals surface area contributed by atoms with Crippen molar-refractivity contribution in [2.24, 2.45) is 0 Å². The summed E-state index contributed by atoms with van der Waals surface area (Å²) in [6.45, 7) is 1.97. The van der Waals surface area contributed by atoms with E-state index in [2.05, 4.69) is 20.8 Å². The van der Waals surface area contributed by atoms with Gasteiger partial charge in [0.15, 0.2) is 5.11 Å². The Kier molecular flexibility index (Phi) is 4.82. The molecule has 2 N–H and O–H groups in total. The Morgan fingerprint density at radius 3 is 2.39 bits per heavy atom. The Morgan fingerprint density at radius 1 is 0.929 bits per heavy atom.